The molecular formula is C18H25NO. The second-order valence-corrected chi connectivity index (χ2v) is 8.01. The van der Waals surface area contributed by atoms with Crippen molar-refractivity contribution in [2.75, 3.05) is 6.54 Å². The molecule has 0 radical (unpaired) electrons. The second-order valence-electron chi connectivity index (χ2n) is 8.01. The molecular weight excluding hydrogens is 246 g/mol. The van der Waals surface area contributed by atoms with E-state index in [1.54, 1.807) is 0 Å². The van der Waals surface area contributed by atoms with Gasteiger partial charge in [-0.2, -0.15) is 0 Å². The summed E-state index contributed by atoms with van der Waals surface area (Å²) in [6.07, 6.45) is 3.54. The Bertz CT molecular complexity index is 531. The Morgan fingerprint density at radius 2 is 1.80 bits per heavy atom. The minimum Gasteiger partial charge on any atom is -0.335 e. The average molecular weight is 271 g/mol. The van der Waals surface area contributed by atoms with Crippen LogP contribution >= 0.6 is 0 Å². The predicted molar refractivity (Wildman–Crippen MR) is 81.7 cm³/mol. The van der Waals surface area contributed by atoms with E-state index in [9.17, 15) is 4.79 Å². The third-order valence-electron chi connectivity index (χ3n) is 4.97. The molecule has 0 spiro atoms. The number of hydrogen-bond donors (Lipinski definition) is 0. The van der Waals surface area contributed by atoms with E-state index in [1.807, 2.05) is 24.3 Å². The molecule has 2 heteroatoms. The van der Waals surface area contributed by atoms with Crippen molar-refractivity contribution in [3.8, 4) is 0 Å². The Hall–Kier alpha value is -1.31. The minimum absolute atomic E-state index is 0.219. The van der Waals surface area contributed by atoms with Crippen LogP contribution in [0.2, 0.25) is 0 Å². The van der Waals surface area contributed by atoms with Crippen LogP contribution in [-0.4, -0.2) is 23.4 Å². The molecule has 1 saturated heterocycles. The Labute approximate surface area is 122 Å². The van der Waals surface area contributed by atoms with Crippen LogP contribution in [0.5, 0.6) is 0 Å². The number of amides is 1. The van der Waals surface area contributed by atoms with Gasteiger partial charge in [0.2, 0.25) is 0 Å². The maximum absolute atomic E-state index is 12.8. The molecule has 2 atom stereocenters. The van der Waals surface area contributed by atoms with E-state index in [2.05, 4.69) is 32.6 Å². The maximum atomic E-state index is 12.8. The van der Waals surface area contributed by atoms with Gasteiger partial charge in [0.05, 0.1) is 0 Å². The van der Waals surface area contributed by atoms with Crippen molar-refractivity contribution in [1.29, 1.82) is 0 Å². The predicted octanol–water partition coefficient (Wildman–Crippen LogP) is 4.04. The molecule has 1 aliphatic carbocycles. The van der Waals surface area contributed by atoms with Crippen LogP contribution in [0.4, 0.5) is 0 Å². The monoisotopic (exact) mass is 271 g/mol. The number of hydrogen-bond acceptors (Lipinski definition) is 1. The number of benzene rings is 1. The maximum Gasteiger partial charge on any atom is 0.254 e. The van der Waals surface area contributed by atoms with Crippen LogP contribution < -0.4 is 0 Å². The lowest BCUT2D eigenvalue weighted by molar-refractivity contribution is 0.0708. The molecule has 0 N–H and O–H groups in total. The molecule has 1 heterocycles. The Balaban J connectivity index is 1.85. The van der Waals surface area contributed by atoms with Crippen LogP contribution in [0, 0.1) is 17.8 Å². The number of fused-ring (bicyclic) bond motifs is 2. The first-order valence-corrected chi connectivity index (χ1v) is 7.66. The summed E-state index contributed by atoms with van der Waals surface area (Å²) in [6.45, 7) is 10.0. The SMILES string of the molecule is Cc1ccc(C(=O)N2C[C@]3(C)C[C@@H]2CC(C)(C)C3)cc1. The highest BCUT2D eigenvalue weighted by molar-refractivity contribution is 5.94. The van der Waals surface area contributed by atoms with Crippen molar-refractivity contribution in [2.24, 2.45) is 10.8 Å². The Morgan fingerprint density at radius 3 is 2.45 bits per heavy atom. The fourth-order valence-corrected chi connectivity index (χ4v) is 4.56. The van der Waals surface area contributed by atoms with Gasteiger partial charge in [0.15, 0.2) is 0 Å². The van der Waals surface area contributed by atoms with Crippen LogP contribution in [0.25, 0.3) is 0 Å². The van der Waals surface area contributed by atoms with Gasteiger partial charge in [0.1, 0.15) is 0 Å². The van der Waals surface area contributed by atoms with Crippen LogP contribution in [0.1, 0.15) is 56.0 Å². The lowest BCUT2D eigenvalue weighted by Gasteiger charge is -2.39. The van der Waals surface area contributed by atoms with E-state index in [0.29, 0.717) is 16.9 Å². The van der Waals surface area contributed by atoms with Gasteiger partial charge < -0.3 is 4.90 Å². The Kier molecular flexibility index (Phi) is 2.97. The summed E-state index contributed by atoms with van der Waals surface area (Å²) in [5, 5.41) is 0. The third kappa shape index (κ3) is 2.36. The van der Waals surface area contributed by atoms with Gasteiger partial charge in [0, 0.05) is 18.2 Å². The van der Waals surface area contributed by atoms with Crippen LogP contribution in [-0.2, 0) is 0 Å². The highest BCUT2D eigenvalue weighted by Crippen LogP contribution is 2.52. The Morgan fingerprint density at radius 1 is 1.15 bits per heavy atom. The third-order valence-corrected chi connectivity index (χ3v) is 4.97. The zero-order valence-electron chi connectivity index (χ0n) is 13.1. The van der Waals surface area contributed by atoms with E-state index in [4.69, 9.17) is 0 Å². The van der Waals surface area contributed by atoms with Crippen LogP contribution in [0.15, 0.2) is 24.3 Å². The number of aryl methyl sites for hydroxylation is 1. The molecule has 20 heavy (non-hydrogen) atoms. The van der Waals surface area contributed by atoms with E-state index >= 15 is 0 Å². The molecule has 2 bridgehead atoms. The molecule has 1 aromatic rings. The first-order chi connectivity index (χ1) is 9.28. The molecule has 0 unspecified atom stereocenters. The van der Waals surface area contributed by atoms with Gasteiger partial charge in [-0.3, -0.25) is 4.79 Å². The van der Waals surface area contributed by atoms with Crippen LogP contribution in [0.3, 0.4) is 0 Å². The molecule has 1 aromatic carbocycles. The minimum atomic E-state index is 0.219. The lowest BCUT2D eigenvalue weighted by Crippen LogP contribution is -2.37. The quantitative estimate of drug-likeness (QED) is 0.755. The van der Waals surface area contributed by atoms with Crippen molar-refractivity contribution >= 4 is 5.91 Å². The molecule has 2 aliphatic rings. The summed E-state index contributed by atoms with van der Waals surface area (Å²) in [6, 6.07) is 8.42. The van der Waals surface area contributed by atoms with E-state index in [-0.39, 0.29) is 5.91 Å². The number of carbonyl (C=O) groups excluding carboxylic acids is 1. The number of likely N-dealkylation sites (tertiary alicyclic amines) is 1. The summed E-state index contributed by atoms with van der Waals surface area (Å²) in [5.41, 5.74) is 2.71. The van der Waals surface area contributed by atoms with Crippen molar-refractivity contribution in [1.82, 2.24) is 4.90 Å². The van der Waals surface area contributed by atoms with E-state index in [1.165, 1.54) is 18.4 Å². The zero-order chi connectivity index (χ0) is 14.5. The summed E-state index contributed by atoms with van der Waals surface area (Å²) in [4.78, 5) is 14.9. The first-order valence-electron chi connectivity index (χ1n) is 7.66. The van der Waals surface area contributed by atoms with Crippen molar-refractivity contribution < 1.29 is 4.79 Å². The number of carbonyl (C=O) groups is 1. The smallest absolute Gasteiger partial charge is 0.254 e. The standard InChI is InChI=1S/C18H25NO/c1-13-5-7-14(8-6-13)16(20)19-12-18(4)10-15(19)9-17(2,3)11-18/h5-8,15H,9-12H2,1-4H3/t15-,18+/m0/s1. The van der Waals surface area contributed by atoms with Gasteiger partial charge in [-0.25, -0.2) is 0 Å². The molecule has 1 amide bonds. The molecule has 1 saturated carbocycles. The molecule has 108 valence electrons. The van der Waals surface area contributed by atoms with Crippen molar-refractivity contribution in [3.63, 3.8) is 0 Å². The molecule has 0 aromatic heterocycles. The number of nitrogens with zero attached hydrogens (tertiary/aromatic N) is 1. The highest BCUT2D eigenvalue weighted by Gasteiger charge is 2.50. The fraction of sp³-hybridized carbons (Fsp3) is 0.611. The topological polar surface area (TPSA) is 20.3 Å². The average Bonchev–Trinajstić information content (AvgIpc) is 2.58. The molecule has 3 rings (SSSR count). The molecule has 1 aliphatic heterocycles. The second kappa shape index (κ2) is 4.34. The summed E-state index contributed by atoms with van der Waals surface area (Å²) in [7, 11) is 0. The zero-order valence-corrected chi connectivity index (χ0v) is 13.1. The van der Waals surface area contributed by atoms with E-state index in [0.717, 1.165) is 18.5 Å². The number of rotatable bonds is 1. The van der Waals surface area contributed by atoms with Gasteiger partial charge >= 0.3 is 0 Å². The molecule has 2 nitrogen and oxygen atoms in total. The van der Waals surface area contributed by atoms with Crippen molar-refractivity contribution in [3.05, 3.63) is 35.4 Å². The van der Waals surface area contributed by atoms with E-state index < -0.39 is 0 Å². The largest absolute Gasteiger partial charge is 0.335 e. The van der Waals surface area contributed by atoms with Crippen molar-refractivity contribution in [2.45, 2.75) is 53.0 Å². The fourth-order valence-electron chi connectivity index (χ4n) is 4.56. The van der Waals surface area contributed by atoms with Gasteiger partial charge in [-0.1, -0.05) is 38.5 Å². The normalized spacial score (nSPS) is 31.4. The lowest BCUT2D eigenvalue weighted by atomic mass is 9.65. The first kappa shape index (κ1) is 13.7. The van der Waals surface area contributed by atoms with Gasteiger partial charge in [-0.05, 0) is 49.1 Å². The summed E-state index contributed by atoms with van der Waals surface area (Å²) in [5.74, 6) is 0.219. The summed E-state index contributed by atoms with van der Waals surface area (Å²) >= 11 is 0. The highest BCUT2D eigenvalue weighted by atomic mass is 16.2. The van der Waals surface area contributed by atoms with Gasteiger partial charge in [-0.15, -0.1) is 0 Å². The van der Waals surface area contributed by atoms with Gasteiger partial charge in [0.25, 0.3) is 5.91 Å². The molecule has 2 fully saturated rings. The summed E-state index contributed by atoms with van der Waals surface area (Å²) < 4.78 is 0.